The fraction of sp³-hybridized carbons (Fsp3) is 0. The summed E-state index contributed by atoms with van der Waals surface area (Å²) in [5, 5.41) is 15.6. The van der Waals surface area contributed by atoms with E-state index in [1.165, 1.54) is 0 Å². The topological polar surface area (TPSA) is 152 Å². The molecule has 8 nitrogen and oxygen atoms in total. The van der Waals surface area contributed by atoms with Gasteiger partial charge in [0.25, 0.3) is 0 Å². The lowest BCUT2D eigenvalue weighted by atomic mass is 10.5. The molecule has 13 heavy (non-hydrogen) atoms. The smallest absolute Gasteiger partial charge is 0.466 e. The van der Waals surface area contributed by atoms with Gasteiger partial charge in [-0.15, -0.1) is 0 Å². The molecular formula is C4H7O8P. The van der Waals surface area contributed by atoms with Crippen molar-refractivity contribution in [2.75, 3.05) is 0 Å². The molecule has 0 bridgehead atoms. The number of rotatable bonds is 2. The van der Waals surface area contributed by atoms with Crippen molar-refractivity contribution in [3.63, 3.8) is 0 Å². The van der Waals surface area contributed by atoms with Gasteiger partial charge in [0.1, 0.15) is 0 Å². The summed E-state index contributed by atoms with van der Waals surface area (Å²) in [4.78, 5) is 40.7. The van der Waals surface area contributed by atoms with E-state index in [4.69, 9.17) is 29.5 Å². The molecule has 0 aliphatic rings. The molecule has 0 aromatic heterocycles. The summed E-state index contributed by atoms with van der Waals surface area (Å²) in [6, 6.07) is 0. The zero-order chi connectivity index (χ0) is 11.1. The minimum atomic E-state index is -4.64. The number of carboxylic acids is 2. The lowest BCUT2D eigenvalue weighted by Gasteiger charge is -1.82. The quantitative estimate of drug-likeness (QED) is 0.283. The Morgan fingerprint density at radius 2 is 1.08 bits per heavy atom. The van der Waals surface area contributed by atoms with Crippen molar-refractivity contribution in [3.8, 4) is 0 Å². The summed E-state index contributed by atoms with van der Waals surface area (Å²) in [6.07, 6.45) is 1.12. The zero-order valence-corrected chi connectivity index (χ0v) is 6.96. The summed E-state index contributed by atoms with van der Waals surface area (Å²) in [5.74, 6) is -2.51. The molecule has 0 aliphatic heterocycles. The summed E-state index contributed by atoms with van der Waals surface area (Å²) in [7, 11) is -4.64. The van der Waals surface area contributed by atoms with Crippen molar-refractivity contribution in [3.05, 3.63) is 12.2 Å². The van der Waals surface area contributed by atoms with Crippen molar-refractivity contribution in [2.45, 2.75) is 0 Å². The largest absolute Gasteiger partial charge is 0.478 e. The lowest BCUT2D eigenvalue weighted by Crippen LogP contribution is -1.91. The molecular weight excluding hydrogens is 207 g/mol. The van der Waals surface area contributed by atoms with Crippen molar-refractivity contribution >= 4 is 19.8 Å². The van der Waals surface area contributed by atoms with Crippen LogP contribution in [0.4, 0.5) is 0 Å². The number of carboxylic acid groups (broad SMARTS) is 2. The van der Waals surface area contributed by atoms with Gasteiger partial charge in [0.2, 0.25) is 0 Å². The highest BCUT2D eigenvalue weighted by molar-refractivity contribution is 7.45. The van der Waals surface area contributed by atoms with Crippen molar-refractivity contribution in [2.24, 2.45) is 0 Å². The van der Waals surface area contributed by atoms with Gasteiger partial charge in [-0.1, -0.05) is 0 Å². The first-order valence-corrected chi connectivity index (χ1v) is 4.11. The normalized spacial score (nSPS) is 10.4. The van der Waals surface area contributed by atoms with Crippen LogP contribution in [0.25, 0.3) is 0 Å². The van der Waals surface area contributed by atoms with E-state index in [1.54, 1.807) is 0 Å². The van der Waals surface area contributed by atoms with E-state index in [0.29, 0.717) is 12.2 Å². The van der Waals surface area contributed by atoms with Gasteiger partial charge < -0.3 is 24.9 Å². The summed E-state index contributed by atoms with van der Waals surface area (Å²) in [6.45, 7) is 0. The second-order valence-corrected chi connectivity index (χ2v) is 2.55. The Labute approximate surface area is 72.0 Å². The van der Waals surface area contributed by atoms with Crippen LogP contribution in [0.2, 0.25) is 0 Å². The van der Waals surface area contributed by atoms with Crippen LogP contribution in [-0.4, -0.2) is 36.8 Å². The fourth-order valence-electron chi connectivity index (χ4n) is 0.143. The summed E-state index contributed by atoms with van der Waals surface area (Å²) in [5.41, 5.74) is 0. The van der Waals surface area contributed by atoms with Crippen molar-refractivity contribution in [1.29, 1.82) is 0 Å². The third kappa shape index (κ3) is 58.0. The maximum Gasteiger partial charge on any atom is 0.466 e. The van der Waals surface area contributed by atoms with Gasteiger partial charge in [0.15, 0.2) is 0 Å². The molecule has 9 heteroatoms. The Morgan fingerprint density at radius 1 is 0.923 bits per heavy atom. The Hall–Kier alpha value is -1.21. The monoisotopic (exact) mass is 214 g/mol. The van der Waals surface area contributed by atoms with Gasteiger partial charge in [0.05, 0.1) is 0 Å². The van der Waals surface area contributed by atoms with Gasteiger partial charge in [-0.2, -0.15) is 0 Å². The Bertz CT molecular complexity index is 225. The Morgan fingerprint density at radius 3 is 1.15 bits per heavy atom. The minimum absolute atomic E-state index is 0.558. The van der Waals surface area contributed by atoms with Crippen LogP contribution in [-0.2, 0) is 14.2 Å². The first kappa shape index (κ1) is 14.3. The van der Waals surface area contributed by atoms with Crippen LogP contribution in [0.1, 0.15) is 0 Å². The van der Waals surface area contributed by atoms with E-state index in [1.807, 2.05) is 0 Å². The number of hydrogen-bond acceptors (Lipinski definition) is 3. The molecule has 0 spiro atoms. The second kappa shape index (κ2) is 6.32. The molecule has 0 saturated heterocycles. The Balaban J connectivity index is 0. The van der Waals surface area contributed by atoms with Crippen LogP contribution in [0.5, 0.6) is 0 Å². The number of phosphoric acid groups is 1. The highest BCUT2D eigenvalue weighted by atomic mass is 31.2. The molecule has 0 unspecified atom stereocenters. The van der Waals surface area contributed by atoms with E-state index in [2.05, 4.69) is 0 Å². The number of hydrogen-bond donors (Lipinski definition) is 5. The Kier molecular flexibility index (Phi) is 6.96. The van der Waals surface area contributed by atoms with Crippen LogP contribution < -0.4 is 0 Å². The van der Waals surface area contributed by atoms with Gasteiger partial charge in [-0.3, -0.25) is 0 Å². The molecule has 0 heterocycles. The lowest BCUT2D eigenvalue weighted by molar-refractivity contribution is -0.134. The summed E-state index contributed by atoms with van der Waals surface area (Å²) >= 11 is 0. The van der Waals surface area contributed by atoms with Crippen LogP contribution >= 0.6 is 7.82 Å². The molecule has 0 atom stereocenters. The molecule has 0 rings (SSSR count). The maximum absolute atomic E-state index is 9.55. The number of carbonyl (C=O) groups is 2. The third-order valence-electron chi connectivity index (χ3n) is 0.368. The highest BCUT2D eigenvalue weighted by Gasteiger charge is 2.00. The SMILES string of the molecule is O=C(O)C=CC(=O)O.O=P(O)(O)O. The predicted octanol–water partition coefficient (Wildman–Crippen LogP) is -1.22. The van der Waals surface area contributed by atoms with E-state index in [9.17, 15) is 9.59 Å². The molecule has 0 fully saturated rings. The van der Waals surface area contributed by atoms with Crippen LogP contribution in [0, 0.1) is 0 Å². The first-order chi connectivity index (χ1) is 5.63. The van der Waals surface area contributed by atoms with E-state index in [-0.39, 0.29) is 0 Å². The maximum atomic E-state index is 9.55. The van der Waals surface area contributed by atoms with Gasteiger partial charge >= 0.3 is 19.8 Å². The predicted molar refractivity (Wildman–Crippen MR) is 38.7 cm³/mol. The molecule has 76 valence electrons. The standard InChI is InChI=1S/C4H4O4.H3O4P/c5-3(6)1-2-4(7)8;1-5(2,3)4/h1-2H,(H,5,6)(H,7,8);(H3,1,2,3,4). The number of aliphatic carboxylic acids is 2. The fourth-order valence-corrected chi connectivity index (χ4v) is 0.143. The zero-order valence-electron chi connectivity index (χ0n) is 6.06. The first-order valence-electron chi connectivity index (χ1n) is 2.55. The average molecular weight is 214 g/mol. The average Bonchev–Trinajstić information content (AvgIpc) is 1.79. The van der Waals surface area contributed by atoms with Gasteiger partial charge in [-0.05, 0) is 0 Å². The molecule has 0 aliphatic carbocycles. The summed E-state index contributed by atoms with van der Waals surface area (Å²) < 4.78 is 8.88. The highest BCUT2D eigenvalue weighted by Crippen LogP contribution is 2.25. The van der Waals surface area contributed by atoms with E-state index in [0.717, 1.165) is 0 Å². The molecule has 5 N–H and O–H groups in total. The molecule has 0 aromatic carbocycles. The second-order valence-electron chi connectivity index (χ2n) is 1.52. The third-order valence-corrected chi connectivity index (χ3v) is 0.368. The minimum Gasteiger partial charge on any atom is -0.478 e. The molecule has 0 radical (unpaired) electrons. The molecule has 0 aromatic rings. The molecule has 0 saturated carbocycles. The van der Waals surface area contributed by atoms with Gasteiger partial charge in [-0.25, -0.2) is 14.2 Å². The van der Waals surface area contributed by atoms with E-state index < -0.39 is 19.8 Å². The van der Waals surface area contributed by atoms with Gasteiger partial charge in [0, 0.05) is 12.2 Å². The molecule has 0 amide bonds. The van der Waals surface area contributed by atoms with Crippen LogP contribution in [0.3, 0.4) is 0 Å². The van der Waals surface area contributed by atoms with Crippen molar-refractivity contribution < 1.29 is 39.0 Å². The van der Waals surface area contributed by atoms with E-state index >= 15 is 0 Å². The van der Waals surface area contributed by atoms with Crippen molar-refractivity contribution in [1.82, 2.24) is 0 Å². The van der Waals surface area contributed by atoms with Crippen LogP contribution in [0.15, 0.2) is 12.2 Å².